The van der Waals surface area contributed by atoms with Crippen molar-refractivity contribution in [3.8, 4) is 28.3 Å². The lowest BCUT2D eigenvalue weighted by molar-refractivity contribution is -0.274. The molecule has 0 atom stereocenters. The van der Waals surface area contributed by atoms with E-state index in [2.05, 4.69) is 4.74 Å². The van der Waals surface area contributed by atoms with Crippen molar-refractivity contribution in [2.24, 2.45) is 0 Å². The molecule has 0 saturated carbocycles. The van der Waals surface area contributed by atoms with Gasteiger partial charge in [0.25, 0.3) is 0 Å². The van der Waals surface area contributed by atoms with Crippen LogP contribution in [-0.2, 0) is 0 Å². The Morgan fingerprint density at radius 1 is 0.879 bits per heavy atom. The summed E-state index contributed by atoms with van der Waals surface area (Å²) < 4.78 is 48.4. The van der Waals surface area contributed by atoms with Crippen LogP contribution in [0.25, 0.3) is 27.7 Å². The number of fused-ring (bicyclic) bond motifs is 1. The number of carbonyl (C=O) groups is 1. The molecule has 0 aliphatic rings. The summed E-state index contributed by atoms with van der Waals surface area (Å²) in [6, 6.07) is 19.6. The highest BCUT2D eigenvalue weighted by molar-refractivity contribution is 5.97. The van der Waals surface area contributed by atoms with Crippen molar-refractivity contribution in [1.82, 2.24) is 4.57 Å². The van der Waals surface area contributed by atoms with Crippen molar-refractivity contribution in [1.29, 1.82) is 0 Å². The molecule has 0 unspecified atom stereocenters. The molecule has 1 aromatic heterocycles. The number of benzene rings is 3. The van der Waals surface area contributed by atoms with E-state index in [9.17, 15) is 23.1 Å². The first-order valence-electron chi connectivity index (χ1n) is 10.1. The van der Waals surface area contributed by atoms with Crippen molar-refractivity contribution in [3.63, 3.8) is 0 Å². The first-order chi connectivity index (χ1) is 15.6. The molecule has 3 aromatic carbocycles. The van der Waals surface area contributed by atoms with Crippen LogP contribution in [-0.4, -0.2) is 28.1 Å². The molecule has 1 N–H and O–H groups in total. The number of nitrogens with zero attached hydrogens (tertiary/aromatic N) is 1. The normalized spacial score (nSPS) is 11.7. The Labute approximate surface area is 187 Å². The molecule has 0 amide bonds. The highest BCUT2D eigenvalue weighted by Gasteiger charge is 2.31. The van der Waals surface area contributed by atoms with Crippen LogP contribution in [0.2, 0.25) is 0 Å². The summed E-state index contributed by atoms with van der Waals surface area (Å²) in [7, 11) is 0. The maximum Gasteiger partial charge on any atom is 0.573 e. The Kier molecular flexibility index (Phi) is 5.76. The highest BCUT2D eigenvalue weighted by Crippen LogP contribution is 2.31. The molecule has 0 fully saturated rings. The molecule has 0 aliphatic carbocycles. The van der Waals surface area contributed by atoms with Gasteiger partial charge in [-0.2, -0.15) is 0 Å². The Hall–Kier alpha value is -3.94. The summed E-state index contributed by atoms with van der Waals surface area (Å²) in [5.74, 6) is -0.706. The predicted octanol–water partition coefficient (Wildman–Crippen LogP) is 6.68. The van der Waals surface area contributed by atoms with Gasteiger partial charge in [0.15, 0.2) is 0 Å². The van der Waals surface area contributed by atoms with Gasteiger partial charge < -0.3 is 19.1 Å². The fraction of sp³-hybridized carbons (Fsp3) is 0.160. The predicted molar refractivity (Wildman–Crippen MR) is 118 cm³/mol. The zero-order valence-corrected chi connectivity index (χ0v) is 17.8. The maximum absolute atomic E-state index is 12.4. The summed E-state index contributed by atoms with van der Waals surface area (Å²) in [4.78, 5) is 11.9. The zero-order valence-electron chi connectivity index (χ0n) is 17.8. The van der Waals surface area contributed by atoms with Crippen molar-refractivity contribution in [2.45, 2.75) is 26.3 Å². The third-order valence-electron chi connectivity index (χ3n) is 4.91. The van der Waals surface area contributed by atoms with E-state index < -0.39 is 12.3 Å². The molecule has 170 valence electrons. The van der Waals surface area contributed by atoms with Crippen LogP contribution in [0.5, 0.6) is 11.5 Å². The van der Waals surface area contributed by atoms with Crippen LogP contribution in [0.15, 0.2) is 72.8 Å². The second kappa shape index (κ2) is 8.54. The van der Waals surface area contributed by atoms with Crippen molar-refractivity contribution in [3.05, 3.63) is 78.5 Å². The number of carboxylic acids is 1. The first-order valence-corrected chi connectivity index (χ1v) is 10.1. The summed E-state index contributed by atoms with van der Waals surface area (Å²) in [5.41, 5.74) is 2.85. The molecule has 5 nitrogen and oxygen atoms in total. The lowest BCUT2D eigenvalue weighted by Gasteiger charge is -2.12. The summed E-state index contributed by atoms with van der Waals surface area (Å²) in [6.45, 7) is 3.84. The molecule has 0 saturated heterocycles. The number of carboxylic acid groups (broad SMARTS) is 1. The van der Waals surface area contributed by atoms with E-state index in [4.69, 9.17) is 4.74 Å². The molecule has 33 heavy (non-hydrogen) atoms. The quantitative estimate of drug-likeness (QED) is 0.352. The van der Waals surface area contributed by atoms with E-state index >= 15 is 0 Å². The van der Waals surface area contributed by atoms with Gasteiger partial charge >= 0.3 is 12.3 Å². The third kappa shape index (κ3) is 4.95. The molecule has 4 aromatic rings. The number of alkyl halides is 3. The third-order valence-corrected chi connectivity index (χ3v) is 4.91. The molecule has 0 bridgehead atoms. The fourth-order valence-corrected chi connectivity index (χ4v) is 3.63. The van der Waals surface area contributed by atoms with E-state index in [1.54, 1.807) is 53.1 Å². The maximum atomic E-state index is 12.4. The summed E-state index contributed by atoms with van der Waals surface area (Å²) >= 11 is 0. The molecular formula is C25H20F3NO4. The van der Waals surface area contributed by atoms with Crippen LogP contribution in [0, 0.1) is 0 Å². The van der Waals surface area contributed by atoms with Gasteiger partial charge in [-0.05, 0) is 79.6 Å². The van der Waals surface area contributed by atoms with Crippen LogP contribution >= 0.6 is 0 Å². The van der Waals surface area contributed by atoms with Crippen LogP contribution in [0.3, 0.4) is 0 Å². The van der Waals surface area contributed by atoms with E-state index in [-0.39, 0.29) is 17.5 Å². The summed E-state index contributed by atoms with van der Waals surface area (Å²) in [6.07, 6.45) is -4.74. The van der Waals surface area contributed by atoms with E-state index in [1.165, 1.54) is 24.3 Å². The van der Waals surface area contributed by atoms with Gasteiger partial charge in [0.2, 0.25) is 0 Å². The Bertz CT molecular complexity index is 1290. The van der Waals surface area contributed by atoms with Gasteiger partial charge in [-0.25, -0.2) is 4.79 Å². The molecule has 0 radical (unpaired) electrons. The Morgan fingerprint density at radius 3 is 2.06 bits per heavy atom. The Balaban J connectivity index is 1.72. The number of rotatable bonds is 6. The standard InChI is InChI=1S/C25H20F3NO4/c1-15(2)32-20-10-6-19(7-11-20)29-22-12-5-17(13-18(22)14-23(29)24(30)31)16-3-8-21(9-4-16)33-25(26,27)28/h3-15H,1-2H3,(H,30,31). The van der Waals surface area contributed by atoms with Gasteiger partial charge in [-0.3, -0.25) is 0 Å². The van der Waals surface area contributed by atoms with E-state index in [0.29, 0.717) is 27.9 Å². The van der Waals surface area contributed by atoms with Gasteiger partial charge in [0, 0.05) is 11.1 Å². The van der Waals surface area contributed by atoms with Gasteiger partial charge in [-0.1, -0.05) is 18.2 Å². The van der Waals surface area contributed by atoms with Crippen LogP contribution in [0.4, 0.5) is 13.2 Å². The molecule has 1 heterocycles. The van der Waals surface area contributed by atoms with Crippen LogP contribution in [0.1, 0.15) is 24.3 Å². The van der Waals surface area contributed by atoms with Gasteiger partial charge in [-0.15, -0.1) is 13.2 Å². The van der Waals surface area contributed by atoms with Crippen LogP contribution < -0.4 is 9.47 Å². The molecule has 0 aliphatic heterocycles. The minimum Gasteiger partial charge on any atom is -0.491 e. The van der Waals surface area contributed by atoms with E-state index in [0.717, 1.165) is 5.56 Å². The number of halogens is 3. The van der Waals surface area contributed by atoms with Crippen molar-refractivity contribution in [2.75, 3.05) is 0 Å². The van der Waals surface area contributed by atoms with Gasteiger partial charge in [0.1, 0.15) is 17.2 Å². The topological polar surface area (TPSA) is 60.7 Å². The summed E-state index contributed by atoms with van der Waals surface area (Å²) in [5, 5.41) is 10.4. The number of aromatic carboxylic acids is 1. The second-order valence-corrected chi connectivity index (χ2v) is 7.68. The molecular weight excluding hydrogens is 435 g/mol. The first kappa shape index (κ1) is 22.3. The Morgan fingerprint density at radius 2 is 1.48 bits per heavy atom. The number of aromatic nitrogens is 1. The van der Waals surface area contributed by atoms with Gasteiger partial charge in [0.05, 0.1) is 11.6 Å². The highest BCUT2D eigenvalue weighted by atomic mass is 19.4. The van der Waals surface area contributed by atoms with Crippen molar-refractivity contribution < 1.29 is 32.5 Å². The largest absolute Gasteiger partial charge is 0.573 e. The fourth-order valence-electron chi connectivity index (χ4n) is 3.63. The molecule has 4 rings (SSSR count). The van der Waals surface area contributed by atoms with Crippen molar-refractivity contribution >= 4 is 16.9 Å². The number of hydrogen-bond acceptors (Lipinski definition) is 3. The SMILES string of the molecule is CC(C)Oc1ccc(-n2c(C(=O)O)cc3cc(-c4ccc(OC(F)(F)F)cc4)ccc32)cc1. The lowest BCUT2D eigenvalue weighted by Crippen LogP contribution is -2.16. The number of ether oxygens (including phenoxy) is 2. The smallest absolute Gasteiger partial charge is 0.491 e. The van der Waals surface area contributed by atoms with E-state index in [1.807, 2.05) is 13.8 Å². The zero-order chi connectivity index (χ0) is 23.8. The second-order valence-electron chi connectivity index (χ2n) is 7.68. The monoisotopic (exact) mass is 455 g/mol. The average molecular weight is 455 g/mol. The number of hydrogen-bond donors (Lipinski definition) is 1. The lowest BCUT2D eigenvalue weighted by atomic mass is 10.0. The molecule has 0 spiro atoms. The molecule has 8 heteroatoms. The minimum absolute atomic E-state index is 0.0188. The average Bonchev–Trinajstić information content (AvgIpc) is 3.12. The minimum atomic E-state index is -4.75.